The molecule has 4 rings (SSSR count). The van der Waals surface area contributed by atoms with Crippen molar-refractivity contribution in [1.82, 2.24) is 25.1 Å². The molecule has 1 saturated heterocycles. The molecule has 0 aliphatic carbocycles. The number of hydrogen-bond acceptors (Lipinski definition) is 5. The van der Waals surface area contributed by atoms with Gasteiger partial charge in [-0.25, -0.2) is 0 Å². The van der Waals surface area contributed by atoms with Gasteiger partial charge in [0.15, 0.2) is 0 Å². The monoisotopic (exact) mass is 445 g/mol. The van der Waals surface area contributed by atoms with E-state index in [-0.39, 0.29) is 23.8 Å². The van der Waals surface area contributed by atoms with E-state index < -0.39 is 0 Å². The minimum absolute atomic E-state index is 0.0514. The third-order valence-electron chi connectivity index (χ3n) is 5.92. The number of hydrogen-bond donors (Lipinski definition) is 1. The van der Waals surface area contributed by atoms with Crippen molar-refractivity contribution in [3.8, 4) is 0 Å². The van der Waals surface area contributed by atoms with Crippen molar-refractivity contribution < 1.29 is 9.59 Å². The standard InChI is InChI=1S/C26H31N5O2/c1-18(2)28-26(33)22-14-24(29-23-10-5-4-9-21(22)23)19-11-13-31(15-19)25(32)17-30(3)16-20-8-6-7-12-27-20/h4-10,12,14,18-19H,11,13,15-17H2,1-3H3,(H,28,33)/t19-/m1/s1. The first-order valence-corrected chi connectivity index (χ1v) is 11.5. The highest BCUT2D eigenvalue weighted by Crippen LogP contribution is 2.29. The number of para-hydroxylation sites is 1. The summed E-state index contributed by atoms with van der Waals surface area (Å²) >= 11 is 0. The summed E-state index contributed by atoms with van der Waals surface area (Å²) in [5, 5.41) is 3.84. The van der Waals surface area contributed by atoms with E-state index in [0.29, 0.717) is 31.7 Å². The molecule has 7 nitrogen and oxygen atoms in total. The number of likely N-dealkylation sites (tertiary alicyclic amines) is 1. The van der Waals surface area contributed by atoms with Gasteiger partial charge in [-0.1, -0.05) is 24.3 Å². The van der Waals surface area contributed by atoms with E-state index in [1.54, 1.807) is 6.20 Å². The van der Waals surface area contributed by atoms with Crippen LogP contribution >= 0.6 is 0 Å². The lowest BCUT2D eigenvalue weighted by Crippen LogP contribution is -2.37. The minimum atomic E-state index is -0.0908. The lowest BCUT2D eigenvalue weighted by molar-refractivity contribution is -0.131. The molecule has 0 spiro atoms. The van der Waals surface area contributed by atoms with Crippen LogP contribution in [-0.4, -0.2) is 64.3 Å². The maximum absolute atomic E-state index is 12.9. The average Bonchev–Trinajstić information content (AvgIpc) is 3.29. The first-order valence-electron chi connectivity index (χ1n) is 11.5. The summed E-state index contributed by atoms with van der Waals surface area (Å²) in [6, 6.07) is 15.5. The largest absolute Gasteiger partial charge is 0.350 e. The first kappa shape index (κ1) is 22.9. The van der Waals surface area contributed by atoms with Crippen LogP contribution in [0.15, 0.2) is 54.7 Å². The van der Waals surface area contributed by atoms with Gasteiger partial charge >= 0.3 is 0 Å². The number of pyridine rings is 2. The number of carbonyl (C=O) groups is 2. The highest BCUT2D eigenvalue weighted by atomic mass is 16.2. The van der Waals surface area contributed by atoms with Crippen molar-refractivity contribution in [2.75, 3.05) is 26.7 Å². The molecule has 2 aromatic heterocycles. The summed E-state index contributed by atoms with van der Waals surface area (Å²) in [4.78, 5) is 38.9. The SMILES string of the molecule is CC(C)NC(=O)c1cc([C@@H]2CCN(C(=O)CN(C)Cc3ccccn3)C2)nc2ccccc12. The molecule has 0 saturated carbocycles. The Kier molecular flexibility index (Phi) is 6.99. The van der Waals surface area contributed by atoms with Crippen LogP contribution in [0, 0.1) is 0 Å². The third kappa shape index (κ3) is 5.54. The van der Waals surface area contributed by atoms with Gasteiger partial charge < -0.3 is 10.2 Å². The first-order chi connectivity index (χ1) is 15.9. The van der Waals surface area contributed by atoms with Gasteiger partial charge in [0, 0.05) is 48.9 Å². The number of benzene rings is 1. The minimum Gasteiger partial charge on any atom is -0.350 e. The van der Waals surface area contributed by atoms with Crippen molar-refractivity contribution in [3.05, 3.63) is 71.7 Å². The van der Waals surface area contributed by atoms with Crippen molar-refractivity contribution in [2.24, 2.45) is 0 Å². The summed E-state index contributed by atoms with van der Waals surface area (Å²) in [7, 11) is 1.94. The van der Waals surface area contributed by atoms with Crippen molar-refractivity contribution >= 4 is 22.7 Å². The fraction of sp³-hybridized carbons (Fsp3) is 0.385. The number of carbonyl (C=O) groups excluding carboxylic acids is 2. The van der Waals surface area contributed by atoms with Crippen molar-refractivity contribution in [3.63, 3.8) is 0 Å². The quantitative estimate of drug-likeness (QED) is 0.604. The number of likely N-dealkylation sites (N-methyl/N-ethyl adjacent to an activating group) is 1. The lowest BCUT2D eigenvalue weighted by Gasteiger charge is -2.21. The topological polar surface area (TPSA) is 78.4 Å². The maximum atomic E-state index is 12.9. The van der Waals surface area contributed by atoms with Crippen LogP contribution < -0.4 is 5.32 Å². The van der Waals surface area contributed by atoms with Crippen molar-refractivity contribution in [2.45, 2.75) is 38.8 Å². The predicted molar refractivity (Wildman–Crippen MR) is 129 cm³/mol. The van der Waals surface area contributed by atoms with Gasteiger partial charge in [0.1, 0.15) is 0 Å². The summed E-state index contributed by atoms with van der Waals surface area (Å²) in [6.07, 6.45) is 2.61. The van der Waals surface area contributed by atoms with E-state index in [4.69, 9.17) is 4.98 Å². The number of fused-ring (bicyclic) bond motifs is 1. The Labute approximate surface area is 194 Å². The van der Waals surface area contributed by atoms with E-state index in [1.165, 1.54) is 0 Å². The summed E-state index contributed by atoms with van der Waals surface area (Å²) < 4.78 is 0. The second kappa shape index (κ2) is 10.1. The lowest BCUT2D eigenvalue weighted by atomic mass is 9.99. The van der Waals surface area contributed by atoms with E-state index in [2.05, 4.69) is 10.3 Å². The highest BCUT2D eigenvalue weighted by molar-refractivity contribution is 6.06. The number of rotatable bonds is 7. The van der Waals surface area contributed by atoms with Gasteiger partial charge in [-0.2, -0.15) is 0 Å². The van der Waals surface area contributed by atoms with Crippen LogP contribution in [0.1, 0.15) is 47.9 Å². The Morgan fingerprint density at radius 2 is 1.97 bits per heavy atom. The second-order valence-electron chi connectivity index (χ2n) is 9.06. The fourth-order valence-electron chi connectivity index (χ4n) is 4.32. The molecule has 1 N–H and O–H groups in total. The number of aromatic nitrogens is 2. The third-order valence-corrected chi connectivity index (χ3v) is 5.92. The molecular formula is C26H31N5O2. The van der Waals surface area contributed by atoms with E-state index in [1.807, 2.05) is 79.2 Å². The molecule has 0 unspecified atom stereocenters. The van der Waals surface area contributed by atoms with E-state index in [0.717, 1.165) is 28.7 Å². The van der Waals surface area contributed by atoms with Crippen LogP contribution in [0.5, 0.6) is 0 Å². The van der Waals surface area contributed by atoms with Crippen LogP contribution in [0.4, 0.5) is 0 Å². The Bertz CT molecular complexity index is 1130. The van der Waals surface area contributed by atoms with Gasteiger partial charge in [0.05, 0.1) is 23.3 Å². The molecule has 1 aliphatic heterocycles. The molecule has 1 atom stereocenters. The Hall–Kier alpha value is -3.32. The molecule has 3 heterocycles. The molecule has 1 aliphatic rings. The van der Waals surface area contributed by atoms with Crippen LogP contribution in [0.2, 0.25) is 0 Å². The van der Waals surface area contributed by atoms with Gasteiger partial charge in [-0.15, -0.1) is 0 Å². The summed E-state index contributed by atoms with van der Waals surface area (Å²) in [6.45, 7) is 6.19. The highest BCUT2D eigenvalue weighted by Gasteiger charge is 2.29. The Morgan fingerprint density at radius 3 is 2.73 bits per heavy atom. The zero-order valence-corrected chi connectivity index (χ0v) is 19.5. The molecule has 172 valence electrons. The molecule has 3 aromatic rings. The van der Waals surface area contributed by atoms with Gasteiger partial charge in [-0.05, 0) is 51.6 Å². The van der Waals surface area contributed by atoms with Gasteiger partial charge in [0.25, 0.3) is 5.91 Å². The normalized spacial score (nSPS) is 16.0. The predicted octanol–water partition coefficient (Wildman–Crippen LogP) is 3.22. The number of nitrogens with zero attached hydrogens (tertiary/aromatic N) is 4. The molecule has 2 amide bonds. The molecule has 1 fully saturated rings. The Balaban J connectivity index is 1.46. The maximum Gasteiger partial charge on any atom is 0.252 e. The molecule has 33 heavy (non-hydrogen) atoms. The Morgan fingerprint density at radius 1 is 1.18 bits per heavy atom. The van der Waals surface area contributed by atoms with Crippen molar-refractivity contribution in [1.29, 1.82) is 0 Å². The molecule has 0 radical (unpaired) electrons. The number of amides is 2. The van der Waals surface area contributed by atoms with Crippen LogP contribution in [0.3, 0.4) is 0 Å². The van der Waals surface area contributed by atoms with E-state index in [9.17, 15) is 9.59 Å². The van der Waals surface area contributed by atoms with E-state index >= 15 is 0 Å². The molecular weight excluding hydrogens is 414 g/mol. The molecule has 1 aromatic carbocycles. The molecule has 0 bridgehead atoms. The number of nitrogens with one attached hydrogen (secondary N) is 1. The average molecular weight is 446 g/mol. The fourth-order valence-corrected chi connectivity index (χ4v) is 4.32. The summed E-state index contributed by atoms with van der Waals surface area (Å²) in [5.74, 6) is 0.131. The smallest absolute Gasteiger partial charge is 0.252 e. The van der Waals surface area contributed by atoms with Crippen LogP contribution in [-0.2, 0) is 11.3 Å². The van der Waals surface area contributed by atoms with Gasteiger partial charge in [0.2, 0.25) is 5.91 Å². The summed E-state index contributed by atoms with van der Waals surface area (Å²) in [5.41, 5.74) is 3.27. The molecule has 7 heteroatoms. The second-order valence-corrected chi connectivity index (χ2v) is 9.06. The zero-order chi connectivity index (χ0) is 23.4. The van der Waals surface area contributed by atoms with Crippen LogP contribution in [0.25, 0.3) is 10.9 Å². The van der Waals surface area contributed by atoms with Gasteiger partial charge in [-0.3, -0.25) is 24.5 Å². The zero-order valence-electron chi connectivity index (χ0n) is 19.5.